The Bertz CT molecular complexity index is 196. The summed E-state index contributed by atoms with van der Waals surface area (Å²) in [6.07, 6.45) is 4.29. The van der Waals surface area contributed by atoms with Crippen LogP contribution in [0.1, 0.15) is 13.8 Å². The Hall–Kier alpha value is -0.283. The van der Waals surface area contributed by atoms with Crippen molar-refractivity contribution >= 4 is 8.32 Å². The van der Waals surface area contributed by atoms with Crippen LogP contribution < -0.4 is 0 Å². The molecule has 0 unspecified atom stereocenters. The molecule has 13 heavy (non-hydrogen) atoms. The maximum Gasteiger partial charge on any atom is 0.184 e. The molecule has 0 amide bonds. The summed E-state index contributed by atoms with van der Waals surface area (Å²) in [5.74, 6) is 0.468. The van der Waals surface area contributed by atoms with Crippen LogP contribution in [0.3, 0.4) is 0 Å². The first-order chi connectivity index (χ1) is 5.90. The van der Waals surface area contributed by atoms with E-state index in [2.05, 4.69) is 39.6 Å². The van der Waals surface area contributed by atoms with Crippen molar-refractivity contribution in [2.45, 2.75) is 45.7 Å². The maximum atomic E-state index is 6.07. The summed E-state index contributed by atoms with van der Waals surface area (Å²) >= 11 is 0. The van der Waals surface area contributed by atoms with Crippen molar-refractivity contribution in [3.63, 3.8) is 0 Å². The lowest BCUT2D eigenvalue weighted by Crippen LogP contribution is -2.43. The van der Waals surface area contributed by atoms with Gasteiger partial charge in [-0.1, -0.05) is 6.92 Å². The topological polar surface area (TPSA) is 18.5 Å². The van der Waals surface area contributed by atoms with Gasteiger partial charge in [-0.25, -0.2) is 0 Å². The lowest BCUT2D eigenvalue weighted by atomic mass is 9.99. The fourth-order valence-electron chi connectivity index (χ4n) is 1.52. The fourth-order valence-corrected chi connectivity index (χ4v) is 2.74. The van der Waals surface area contributed by atoms with Gasteiger partial charge in [-0.05, 0) is 32.6 Å². The van der Waals surface area contributed by atoms with E-state index in [1.54, 1.807) is 6.26 Å². The third-order valence-electron chi connectivity index (χ3n) is 2.15. The summed E-state index contributed by atoms with van der Waals surface area (Å²) in [6.45, 7) is 10.9. The van der Waals surface area contributed by atoms with Gasteiger partial charge in [0.2, 0.25) is 0 Å². The van der Waals surface area contributed by atoms with Crippen molar-refractivity contribution in [2.75, 3.05) is 0 Å². The predicted octanol–water partition coefficient (Wildman–Crippen LogP) is 2.78. The van der Waals surface area contributed by atoms with E-state index in [1.807, 2.05) is 0 Å². The van der Waals surface area contributed by atoms with Crippen LogP contribution >= 0.6 is 0 Å². The molecule has 0 aromatic rings. The van der Waals surface area contributed by atoms with Gasteiger partial charge in [0, 0.05) is 5.92 Å². The molecule has 2 nitrogen and oxygen atoms in total. The zero-order valence-corrected chi connectivity index (χ0v) is 10.2. The summed E-state index contributed by atoms with van der Waals surface area (Å²) in [4.78, 5) is 0. The molecule has 1 aliphatic heterocycles. The Morgan fingerprint density at radius 1 is 1.23 bits per heavy atom. The van der Waals surface area contributed by atoms with E-state index in [0.29, 0.717) is 5.92 Å². The van der Waals surface area contributed by atoms with Crippen molar-refractivity contribution < 1.29 is 9.16 Å². The zero-order valence-electron chi connectivity index (χ0n) is 9.20. The van der Waals surface area contributed by atoms with Crippen LogP contribution in [0.2, 0.25) is 19.6 Å². The van der Waals surface area contributed by atoms with Gasteiger partial charge in [0.15, 0.2) is 8.32 Å². The van der Waals surface area contributed by atoms with E-state index in [1.165, 1.54) is 0 Å². The van der Waals surface area contributed by atoms with E-state index in [4.69, 9.17) is 9.16 Å². The minimum absolute atomic E-state index is 0.187. The molecule has 0 aromatic carbocycles. The normalized spacial score (nSPS) is 34.4. The molecular formula is C10H20O2Si. The molecule has 0 fully saturated rings. The highest BCUT2D eigenvalue weighted by atomic mass is 28.4. The van der Waals surface area contributed by atoms with Gasteiger partial charge in [-0.15, -0.1) is 0 Å². The van der Waals surface area contributed by atoms with Crippen molar-refractivity contribution in [3.05, 3.63) is 12.3 Å². The van der Waals surface area contributed by atoms with Gasteiger partial charge in [0.25, 0.3) is 0 Å². The molecule has 0 aromatic heterocycles. The molecule has 3 atom stereocenters. The second-order valence-electron chi connectivity index (χ2n) is 4.72. The quantitative estimate of drug-likeness (QED) is 0.638. The maximum absolute atomic E-state index is 6.07. The molecular weight excluding hydrogens is 180 g/mol. The van der Waals surface area contributed by atoms with Crippen LogP contribution in [0.4, 0.5) is 0 Å². The lowest BCUT2D eigenvalue weighted by molar-refractivity contribution is -0.00323. The monoisotopic (exact) mass is 200 g/mol. The van der Waals surface area contributed by atoms with E-state index < -0.39 is 8.32 Å². The molecule has 1 aliphatic rings. The Morgan fingerprint density at radius 3 is 2.31 bits per heavy atom. The van der Waals surface area contributed by atoms with Crippen LogP contribution in [0, 0.1) is 5.92 Å². The molecule has 3 heteroatoms. The Labute approximate surface area is 82.1 Å². The summed E-state index contributed by atoms with van der Waals surface area (Å²) in [6, 6.07) is 0. The minimum atomic E-state index is -1.44. The predicted molar refractivity (Wildman–Crippen MR) is 57.1 cm³/mol. The number of hydrogen-bond acceptors (Lipinski definition) is 2. The number of ether oxygens (including phenoxy) is 1. The van der Waals surface area contributed by atoms with E-state index >= 15 is 0 Å². The first-order valence-electron chi connectivity index (χ1n) is 4.90. The molecule has 0 N–H and O–H groups in total. The van der Waals surface area contributed by atoms with E-state index in [0.717, 1.165) is 0 Å². The van der Waals surface area contributed by atoms with Crippen LogP contribution in [0.5, 0.6) is 0 Å². The number of rotatable bonds is 2. The minimum Gasteiger partial charge on any atom is -0.496 e. The third kappa shape index (κ3) is 3.16. The van der Waals surface area contributed by atoms with Gasteiger partial charge in [0.05, 0.1) is 12.4 Å². The molecule has 0 aliphatic carbocycles. The molecule has 0 spiro atoms. The van der Waals surface area contributed by atoms with Gasteiger partial charge < -0.3 is 9.16 Å². The summed E-state index contributed by atoms with van der Waals surface area (Å²) in [5.41, 5.74) is 0. The molecule has 0 saturated heterocycles. The molecule has 0 bridgehead atoms. The van der Waals surface area contributed by atoms with Crippen LogP contribution in [0.15, 0.2) is 12.3 Å². The van der Waals surface area contributed by atoms with Crippen molar-refractivity contribution in [1.82, 2.24) is 0 Å². The summed E-state index contributed by atoms with van der Waals surface area (Å²) in [5, 5.41) is 0. The van der Waals surface area contributed by atoms with Gasteiger partial charge in [-0.3, -0.25) is 0 Å². The van der Waals surface area contributed by atoms with Crippen molar-refractivity contribution in [1.29, 1.82) is 0 Å². The van der Waals surface area contributed by atoms with Crippen LogP contribution in [0.25, 0.3) is 0 Å². The average Bonchev–Trinajstić information content (AvgIpc) is 1.95. The number of hydrogen-bond donors (Lipinski definition) is 0. The summed E-state index contributed by atoms with van der Waals surface area (Å²) < 4.78 is 11.5. The highest BCUT2D eigenvalue weighted by molar-refractivity contribution is 6.69. The van der Waals surface area contributed by atoms with Crippen LogP contribution in [-0.2, 0) is 9.16 Å². The van der Waals surface area contributed by atoms with E-state index in [9.17, 15) is 0 Å². The molecule has 0 radical (unpaired) electrons. The highest BCUT2D eigenvalue weighted by Crippen LogP contribution is 2.23. The SMILES string of the molecule is C[C@@H]1OC=C[C@H](C)[C@H]1O[Si](C)(C)C. The van der Waals surface area contributed by atoms with E-state index in [-0.39, 0.29) is 12.2 Å². The molecule has 76 valence electrons. The van der Waals surface area contributed by atoms with Crippen molar-refractivity contribution in [3.8, 4) is 0 Å². The molecule has 1 rings (SSSR count). The van der Waals surface area contributed by atoms with Crippen molar-refractivity contribution in [2.24, 2.45) is 5.92 Å². The molecule has 0 saturated carbocycles. The largest absolute Gasteiger partial charge is 0.496 e. The Morgan fingerprint density at radius 2 is 1.85 bits per heavy atom. The summed E-state index contributed by atoms with van der Waals surface area (Å²) in [7, 11) is -1.44. The second-order valence-corrected chi connectivity index (χ2v) is 9.18. The van der Waals surface area contributed by atoms with Gasteiger partial charge in [0.1, 0.15) is 6.10 Å². The molecule has 1 heterocycles. The third-order valence-corrected chi connectivity index (χ3v) is 3.13. The van der Waals surface area contributed by atoms with Gasteiger partial charge >= 0.3 is 0 Å². The lowest BCUT2D eigenvalue weighted by Gasteiger charge is -2.35. The standard InChI is InChI=1S/C10H20O2Si/c1-8-6-7-11-9(2)10(8)12-13(3,4)5/h6-10H,1-5H3/t8-,9-,10+/m0/s1. The second kappa shape index (κ2) is 3.84. The fraction of sp³-hybridized carbons (Fsp3) is 0.800. The Kier molecular flexibility index (Phi) is 3.19. The van der Waals surface area contributed by atoms with Crippen LogP contribution in [-0.4, -0.2) is 20.5 Å². The zero-order chi connectivity index (χ0) is 10.1. The Balaban J connectivity index is 2.61. The smallest absolute Gasteiger partial charge is 0.184 e. The highest BCUT2D eigenvalue weighted by Gasteiger charge is 2.31. The van der Waals surface area contributed by atoms with Gasteiger partial charge in [-0.2, -0.15) is 0 Å². The first kappa shape index (κ1) is 10.8. The average molecular weight is 200 g/mol. The first-order valence-corrected chi connectivity index (χ1v) is 8.31.